The van der Waals surface area contributed by atoms with Crippen LogP contribution in [-0.4, -0.2) is 51.1 Å². The summed E-state index contributed by atoms with van der Waals surface area (Å²) < 4.78 is 45.2. The number of hydrogen-bond donors (Lipinski definition) is 1. The molecule has 0 aliphatic carbocycles. The quantitative estimate of drug-likeness (QED) is 0.596. The van der Waals surface area contributed by atoms with Crippen molar-refractivity contribution in [2.24, 2.45) is 0 Å². The molecule has 1 unspecified atom stereocenters. The van der Waals surface area contributed by atoms with Crippen molar-refractivity contribution in [3.05, 3.63) is 0 Å². The SMILES string of the molecule is CC(C)(C)OC(=O)[C@@]1(COS(C)(=O)=O)CC(F)CN1. The van der Waals surface area contributed by atoms with Crippen molar-refractivity contribution in [2.75, 3.05) is 19.4 Å². The Morgan fingerprint density at radius 1 is 1.47 bits per heavy atom. The second-order valence-corrected chi connectivity index (χ2v) is 7.38. The molecule has 6 nitrogen and oxygen atoms in total. The summed E-state index contributed by atoms with van der Waals surface area (Å²) in [7, 11) is -3.71. The third-order valence-corrected chi connectivity index (χ3v) is 3.09. The Balaban J connectivity index is 2.85. The van der Waals surface area contributed by atoms with Crippen LogP contribution in [0.5, 0.6) is 0 Å². The van der Waals surface area contributed by atoms with Crippen LogP contribution in [0.25, 0.3) is 0 Å². The standard InChI is InChI=1S/C11H20FNO5S/c1-10(2,3)18-9(14)11(5-8(12)6-13-11)7-17-19(4,15)16/h8,13H,5-7H2,1-4H3/t8?,11-/m0/s1. The van der Waals surface area contributed by atoms with E-state index >= 15 is 0 Å². The van der Waals surface area contributed by atoms with Crippen LogP contribution in [0.4, 0.5) is 4.39 Å². The molecule has 8 heteroatoms. The highest BCUT2D eigenvalue weighted by atomic mass is 32.2. The predicted molar refractivity (Wildman–Crippen MR) is 66.9 cm³/mol. The summed E-state index contributed by atoms with van der Waals surface area (Å²) in [6.45, 7) is 4.53. The van der Waals surface area contributed by atoms with E-state index in [1.165, 1.54) is 0 Å². The molecule has 1 rings (SSSR count). The fraction of sp³-hybridized carbons (Fsp3) is 0.909. The first-order valence-electron chi connectivity index (χ1n) is 5.90. The fourth-order valence-electron chi connectivity index (χ4n) is 1.74. The minimum Gasteiger partial charge on any atom is -0.459 e. The Bertz CT molecular complexity index is 444. The first kappa shape index (κ1) is 16.3. The zero-order valence-corrected chi connectivity index (χ0v) is 12.3. The zero-order chi connectivity index (χ0) is 14.9. The summed E-state index contributed by atoms with van der Waals surface area (Å²) in [5, 5.41) is 2.68. The van der Waals surface area contributed by atoms with Gasteiger partial charge in [0, 0.05) is 13.0 Å². The van der Waals surface area contributed by atoms with E-state index in [0.717, 1.165) is 6.26 Å². The van der Waals surface area contributed by atoms with Crippen molar-refractivity contribution < 1.29 is 26.5 Å². The number of ether oxygens (including phenoxy) is 1. The number of esters is 1. The maximum Gasteiger partial charge on any atom is 0.329 e. The van der Waals surface area contributed by atoms with Gasteiger partial charge in [-0.15, -0.1) is 0 Å². The molecule has 1 saturated heterocycles. The van der Waals surface area contributed by atoms with E-state index in [0.29, 0.717) is 0 Å². The highest BCUT2D eigenvalue weighted by Gasteiger charge is 2.49. The van der Waals surface area contributed by atoms with Gasteiger partial charge in [-0.05, 0) is 20.8 Å². The molecule has 0 spiro atoms. The van der Waals surface area contributed by atoms with Crippen LogP contribution < -0.4 is 5.32 Å². The summed E-state index contributed by atoms with van der Waals surface area (Å²) in [6, 6.07) is 0. The van der Waals surface area contributed by atoms with E-state index in [1.807, 2.05) is 0 Å². The van der Waals surface area contributed by atoms with Gasteiger partial charge in [0.05, 0.1) is 12.9 Å². The van der Waals surface area contributed by atoms with Gasteiger partial charge in [-0.25, -0.2) is 9.18 Å². The second kappa shape index (κ2) is 5.34. The average Bonchev–Trinajstić information content (AvgIpc) is 2.55. The lowest BCUT2D eigenvalue weighted by Crippen LogP contribution is -2.54. The van der Waals surface area contributed by atoms with Crippen LogP contribution in [0.2, 0.25) is 0 Å². The molecule has 1 aliphatic rings. The van der Waals surface area contributed by atoms with Gasteiger partial charge in [-0.2, -0.15) is 8.42 Å². The Hall–Kier alpha value is -0.730. The van der Waals surface area contributed by atoms with Crippen LogP contribution >= 0.6 is 0 Å². The number of carbonyl (C=O) groups excluding carboxylic acids is 1. The molecule has 0 bridgehead atoms. The zero-order valence-electron chi connectivity index (χ0n) is 11.5. The van der Waals surface area contributed by atoms with Gasteiger partial charge < -0.3 is 4.74 Å². The maximum absolute atomic E-state index is 13.4. The Morgan fingerprint density at radius 2 is 2.05 bits per heavy atom. The summed E-state index contributed by atoms with van der Waals surface area (Å²) in [4.78, 5) is 12.1. The molecule has 0 aromatic heterocycles. The molecule has 2 atom stereocenters. The van der Waals surface area contributed by atoms with Crippen molar-refractivity contribution in [3.63, 3.8) is 0 Å². The van der Waals surface area contributed by atoms with Crippen molar-refractivity contribution in [2.45, 2.75) is 44.5 Å². The molecular formula is C11H20FNO5S. The number of nitrogens with one attached hydrogen (secondary N) is 1. The maximum atomic E-state index is 13.4. The largest absolute Gasteiger partial charge is 0.459 e. The predicted octanol–water partition coefficient (Wildman–Crippen LogP) is 0.374. The average molecular weight is 297 g/mol. The van der Waals surface area contributed by atoms with Gasteiger partial charge in [0.2, 0.25) is 0 Å². The Labute approximate surface area is 112 Å². The van der Waals surface area contributed by atoms with E-state index in [2.05, 4.69) is 9.50 Å². The molecule has 1 fully saturated rings. The minimum atomic E-state index is -3.71. The van der Waals surface area contributed by atoms with E-state index < -0.39 is 40.0 Å². The van der Waals surface area contributed by atoms with E-state index in [-0.39, 0.29) is 13.0 Å². The van der Waals surface area contributed by atoms with E-state index in [1.54, 1.807) is 20.8 Å². The van der Waals surface area contributed by atoms with Gasteiger partial charge in [-0.3, -0.25) is 9.50 Å². The topological polar surface area (TPSA) is 81.7 Å². The van der Waals surface area contributed by atoms with Gasteiger partial charge >= 0.3 is 5.97 Å². The molecular weight excluding hydrogens is 277 g/mol. The summed E-state index contributed by atoms with van der Waals surface area (Å²) in [5.74, 6) is -0.705. The van der Waals surface area contributed by atoms with Crippen LogP contribution in [0.1, 0.15) is 27.2 Å². The lowest BCUT2D eigenvalue weighted by atomic mass is 9.98. The van der Waals surface area contributed by atoms with Crippen LogP contribution in [0.15, 0.2) is 0 Å². The van der Waals surface area contributed by atoms with Gasteiger partial charge in [0.25, 0.3) is 10.1 Å². The number of carbonyl (C=O) groups is 1. The number of alkyl halides is 1. The van der Waals surface area contributed by atoms with Crippen LogP contribution in [-0.2, 0) is 23.8 Å². The van der Waals surface area contributed by atoms with Crippen LogP contribution in [0, 0.1) is 0 Å². The molecule has 0 aromatic carbocycles. The molecule has 112 valence electrons. The fourth-order valence-corrected chi connectivity index (χ4v) is 2.15. The third kappa shape index (κ3) is 5.04. The van der Waals surface area contributed by atoms with Crippen molar-refractivity contribution in [1.82, 2.24) is 5.32 Å². The first-order chi connectivity index (χ1) is 8.44. The molecule has 1 heterocycles. The Kier molecular flexibility index (Phi) is 4.58. The number of rotatable bonds is 4. The van der Waals surface area contributed by atoms with Gasteiger partial charge in [0.1, 0.15) is 17.3 Å². The first-order valence-corrected chi connectivity index (χ1v) is 7.72. The van der Waals surface area contributed by atoms with E-state index in [9.17, 15) is 17.6 Å². The molecule has 1 N–H and O–H groups in total. The molecule has 1 aliphatic heterocycles. The van der Waals surface area contributed by atoms with Gasteiger partial charge in [-0.1, -0.05) is 0 Å². The summed E-state index contributed by atoms with van der Waals surface area (Å²) in [6.07, 6.45) is -0.537. The highest BCUT2D eigenvalue weighted by molar-refractivity contribution is 7.85. The number of halogens is 1. The minimum absolute atomic E-state index is 0.0354. The van der Waals surface area contributed by atoms with Crippen molar-refractivity contribution >= 4 is 16.1 Å². The van der Waals surface area contributed by atoms with Crippen molar-refractivity contribution in [1.29, 1.82) is 0 Å². The molecule has 19 heavy (non-hydrogen) atoms. The smallest absolute Gasteiger partial charge is 0.329 e. The van der Waals surface area contributed by atoms with Crippen LogP contribution in [0.3, 0.4) is 0 Å². The summed E-state index contributed by atoms with van der Waals surface area (Å²) >= 11 is 0. The van der Waals surface area contributed by atoms with E-state index in [4.69, 9.17) is 4.74 Å². The second-order valence-electron chi connectivity index (χ2n) is 5.73. The summed E-state index contributed by atoms with van der Waals surface area (Å²) in [5.41, 5.74) is -2.19. The monoisotopic (exact) mass is 297 g/mol. The normalized spacial score (nSPS) is 28.4. The van der Waals surface area contributed by atoms with Crippen molar-refractivity contribution in [3.8, 4) is 0 Å². The molecule has 0 saturated carbocycles. The Morgan fingerprint density at radius 3 is 2.42 bits per heavy atom. The lowest BCUT2D eigenvalue weighted by molar-refractivity contribution is -0.164. The molecule has 0 amide bonds. The van der Waals surface area contributed by atoms with Gasteiger partial charge in [0.15, 0.2) is 0 Å². The highest BCUT2D eigenvalue weighted by Crippen LogP contribution is 2.26. The molecule has 0 radical (unpaired) electrons. The number of hydrogen-bond acceptors (Lipinski definition) is 6. The molecule has 0 aromatic rings. The lowest BCUT2D eigenvalue weighted by Gasteiger charge is -2.30. The third-order valence-electron chi connectivity index (χ3n) is 2.54.